The number of nitrogens with zero attached hydrogens (tertiary/aromatic N) is 1. The van der Waals surface area contributed by atoms with Crippen molar-refractivity contribution in [3.8, 4) is 5.69 Å². The average molecular weight is 254 g/mol. The van der Waals surface area contributed by atoms with E-state index < -0.39 is 11.6 Å². The van der Waals surface area contributed by atoms with Crippen LogP contribution >= 0.6 is 11.8 Å². The average Bonchev–Trinajstić information content (AvgIpc) is 2.83. The first-order chi connectivity index (χ1) is 8.16. The largest absolute Gasteiger partial charge is 0.294 e. The van der Waals surface area contributed by atoms with Crippen LogP contribution in [0.4, 0.5) is 8.78 Å². The number of rotatable bonds is 1. The fraction of sp³-hybridized carbons (Fsp3) is 0.182. The summed E-state index contributed by atoms with van der Waals surface area (Å²) in [5.74, 6) is -0.0467. The number of halogens is 2. The van der Waals surface area contributed by atoms with Crippen LogP contribution in [0.15, 0.2) is 23.0 Å². The van der Waals surface area contributed by atoms with E-state index in [1.165, 1.54) is 6.07 Å². The first-order valence-corrected chi connectivity index (χ1v) is 6.18. The first kappa shape index (κ1) is 10.6. The SMILES string of the molecule is O=c1c2c([nH]n1-c1ccc(F)cc1F)CSC2. The lowest BCUT2D eigenvalue weighted by Gasteiger charge is -2.03. The van der Waals surface area contributed by atoms with Gasteiger partial charge in [-0.1, -0.05) is 0 Å². The molecule has 2 heterocycles. The van der Waals surface area contributed by atoms with Gasteiger partial charge >= 0.3 is 0 Å². The Kier molecular flexibility index (Phi) is 2.32. The lowest BCUT2D eigenvalue weighted by Crippen LogP contribution is -2.18. The van der Waals surface area contributed by atoms with E-state index in [2.05, 4.69) is 5.10 Å². The summed E-state index contributed by atoms with van der Waals surface area (Å²) in [7, 11) is 0. The molecule has 0 atom stereocenters. The van der Waals surface area contributed by atoms with Crippen LogP contribution in [0, 0.1) is 11.6 Å². The molecule has 1 aliphatic rings. The molecular formula is C11H8F2N2OS. The Morgan fingerprint density at radius 2 is 2.12 bits per heavy atom. The third-order valence-electron chi connectivity index (χ3n) is 2.72. The summed E-state index contributed by atoms with van der Waals surface area (Å²) in [4.78, 5) is 12.0. The van der Waals surface area contributed by atoms with Gasteiger partial charge in [0.25, 0.3) is 5.56 Å². The minimum absolute atomic E-state index is 0.0517. The van der Waals surface area contributed by atoms with Crippen molar-refractivity contribution in [1.82, 2.24) is 9.78 Å². The Labute approximate surface area is 99.4 Å². The van der Waals surface area contributed by atoms with E-state index in [0.29, 0.717) is 11.3 Å². The van der Waals surface area contributed by atoms with E-state index in [1.807, 2.05) is 0 Å². The quantitative estimate of drug-likeness (QED) is 0.847. The first-order valence-electron chi connectivity index (χ1n) is 5.03. The molecule has 17 heavy (non-hydrogen) atoms. The van der Waals surface area contributed by atoms with Crippen LogP contribution in [0.2, 0.25) is 0 Å². The van der Waals surface area contributed by atoms with E-state index in [9.17, 15) is 13.6 Å². The fourth-order valence-corrected chi connectivity index (χ4v) is 2.92. The van der Waals surface area contributed by atoms with E-state index in [4.69, 9.17) is 0 Å². The van der Waals surface area contributed by atoms with Gasteiger partial charge in [0.1, 0.15) is 11.5 Å². The third-order valence-corrected chi connectivity index (χ3v) is 3.70. The van der Waals surface area contributed by atoms with Crippen LogP contribution in [-0.2, 0) is 11.5 Å². The minimum atomic E-state index is -0.750. The van der Waals surface area contributed by atoms with Crippen molar-refractivity contribution in [3.63, 3.8) is 0 Å². The molecule has 0 unspecified atom stereocenters. The second-order valence-electron chi connectivity index (χ2n) is 3.80. The van der Waals surface area contributed by atoms with E-state index in [-0.39, 0.29) is 11.2 Å². The van der Waals surface area contributed by atoms with Crippen molar-refractivity contribution in [2.45, 2.75) is 11.5 Å². The molecule has 0 bridgehead atoms. The van der Waals surface area contributed by atoms with Crippen LogP contribution in [0.1, 0.15) is 11.3 Å². The predicted octanol–water partition coefficient (Wildman–Crippen LogP) is 2.19. The molecule has 0 radical (unpaired) electrons. The molecule has 0 amide bonds. The topological polar surface area (TPSA) is 37.8 Å². The molecule has 0 fully saturated rings. The van der Waals surface area contributed by atoms with Crippen molar-refractivity contribution in [1.29, 1.82) is 0 Å². The number of H-pyrrole nitrogens is 1. The van der Waals surface area contributed by atoms with Crippen molar-refractivity contribution in [2.75, 3.05) is 0 Å². The molecule has 1 aromatic carbocycles. The van der Waals surface area contributed by atoms with Gasteiger partial charge in [-0.2, -0.15) is 11.8 Å². The normalized spacial score (nSPS) is 14.0. The second kappa shape index (κ2) is 3.73. The van der Waals surface area contributed by atoms with Gasteiger partial charge in [0.05, 0.1) is 11.3 Å². The highest BCUT2D eigenvalue weighted by Gasteiger charge is 2.21. The van der Waals surface area contributed by atoms with Gasteiger partial charge in [-0.05, 0) is 12.1 Å². The summed E-state index contributed by atoms with van der Waals surface area (Å²) in [6, 6.07) is 3.15. The molecule has 3 rings (SSSR count). The van der Waals surface area contributed by atoms with Gasteiger partial charge in [0, 0.05) is 17.6 Å². The number of aromatic amines is 1. The maximum atomic E-state index is 13.6. The minimum Gasteiger partial charge on any atom is -0.294 e. The Morgan fingerprint density at radius 3 is 2.82 bits per heavy atom. The summed E-state index contributed by atoms with van der Waals surface area (Å²) in [6.07, 6.45) is 0. The van der Waals surface area contributed by atoms with Crippen molar-refractivity contribution < 1.29 is 8.78 Å². The molecule has 0 saturated heterocycles. The van der Waals surface area contributed by atoms with Crippen molar-refractivity contribution in [2.24, 2.45) is 0 Å². The maximum absolute atomic E-state index is 13.6. The Bertz CT molecular complexity index is 647. The monoisotopic (exact) mass is 254 g/mol. The number of thioether (sulfide) groups is 1. The summed E-state index contributed by atoms with van der Waals surface area (Å²) < 4.78 is 27.5. The summed E-state index contributed by atoms with van der Waals surface area (Å²) in [6.45, 7) is 0. The van der Waals surface area contributed by atoms with Crippen LogP contribution in [0.5, 0.6) is 0 Å². The Balaban J connectivity index is 2.19. The molecule has 1 N–H and O–H groups in total. The highest BCUT2D eigenvalue weighted by molar-refractivity contribution is 7.98. The highest BCUT2D eigenvalue weighted by Crippen LogP contribution is 2.26. The molecular weight excluding hydrogens is 246 g/mol. The van der Waals surface area contributed by atoms with Crippen LogP contribution < -0.4 is 5.56 Å². The van der Waals surface area contributed by atoms with Crippen LogP contribution in [-0.4, -0.2) is 9.78 Å². The third kappa shape index (κ3) is 1.59. The lowest BCUT2D eigenvalue weighted by molar-refractivity contribution is 0.572. The van der Waals surface area contributed by atoms with Gasteiger partial charge in [0.15, 0.2) is 5.82 Å². The molecule has 6 heteroatoms. The second-order valence-corrected chi connectivity index (χ2v) is 4.78. The maximum Gasteiger partial charge on any atom is 0.275 e. The zero-order chi connectivity index (χ0) is 12.0. The summed E-state index contributed by atoms with van der Waals surface area (Å²) in [5.41, 5.74) is 1.30. The fourth-order valence-electron chi connectivity index (χ4n) is 1.87. The molecule has 2 aromatic rings. The molecule has 0 aliphatic carbocycles. The van der Waals surface area contributed by atoms with Gasteiger partial charge in [-0.25, -0.2) is 13.5 Å². The number of aromatic nitrogens is 2. The highest BCUT2D eigenvalue weighted by atomic mass is 32.2. The van der Waals surface area contributed by atoms with Gasteiger partial charge < -0.3 is 0 Å². The summed E-state index contributed by atoms with van der Waals surface area (Å²) >= 11 is 1.64. The summed E-state index contributed by atoms with van der Waals surface area (Å²) in [5, 5.41) is 2.86. The standard InChI is InChI=1S/C11H8F2N2OS/c12-6-1-2-10(8(13)3-6)15-11(16)7-4-17-5-9(7)14-15/h1-3,14H,4-5H2. The van der Waals surface area contributed by atoms with E-state index >= 15 is 0 Å². The molecule has 1 aromatic heterocycles. The molecule has 0 saturated carbocycles. The number of hydrogen-bond donors (Lipinski definition) is 1. The Morgan fingerprint density at radius 1 is 1.29 bits per heavy atom. The molecule has 88 valence electrons. The Hall–Kier alpha value is -1.56. The molecule has 1 aliphatic heterocycles. The van der Waals surface area contributed by atoms with Gasteiger partial charge in [-0.15, -0.1) is 0 Å². The molecule has 0 spiro atoms. The van der Waals surface area contributed by atoms with Gasteiger partial charge in [0.2, 0.25) is 0 Å². The van der Waals surface area contributed by atoms with Crippen molar-refractivity contribution in [3.05, 3.63) is 51.4 Å². The van der Waals surface area contributed by atoms with Crippen molar-refractivity contribution >= 4 is 11.8 Å². The smallest absolute Gasteiger partial charge is 0.275 e. The zero-order valence-electron chi connectivity index (χ0n) is 8.67. The van der Waals surface area contributed by atoms with Crippen LogP contribution in [0.25, 0.3) is 5.69 Å². The lowest BCUT2D eigenvalue weighted by atomic mass is 10.3. The number of fused-ring (bicyclic) bond motifs is 1. The van der Waals surface area contributed by atoms with Crippen LogP contribution in [0.3, 0.4) is 0 Å². The number of hydrogen-bond acceptors (Lipinski definition) is 2. The number of nitrogens with one attached hydrogen (secondary N) is 1. The number of benzene rings is 1. The van der Waals surface area contributed by atoms with Gasteiger partial charge in [-0.3, -0.25) is 9.89 Å². The zero-order valence-corrected chi connectivity index (χ0v) is 9.48. The van der Waals surface area contributed by atoms with E-state index in [1.54, 1.807) is 11.8 Å². The van der Waals surface area contributed by atoms with E-state index in [0.717, 1.165) is 28.3 Å². The predicted molar refractivity (Wildman–Crippen MR) is 61.3 cm³/mol. The molecule has 3 nitrogen and oxygen atoms in total.